The van der Waals surface area contributed by atoms with Crippen LogP contribution in [-0.2, 0) is 4.74 Å². The lowest BCUT2D eigenvalue weighted by atomic mass is 9.69. The first kappa shape index (κ1) is 13.8. The van der Waals surface area contributed by atoms with E-state index in [-0.39, 0.29) is 5.60 Å². The van der Waals surface area contributed by atoms with Crippen molar-refractivity contribution >= 4 is 0 Å². The smallest absolute Gasteiger partial charge is 0.0685 e. The van der Waals surface area contributed by atoms with Gasteiger partial charge < -0.3 is 10.1 Å². The molecule has 1 aliphatic heterocycles. The highest BCUT2D eigenvalue weighted by atomic mass is 16.5. The van der Waals surface area contributed by atoms with Crippen molar-refractivity contribution in [2.24, 2.45) is 11.8 Å². The molecule has 114 valence electrons. The lowest BCUT2D eigenvalue weighted by molar-refractivity contribution is -0.147. The molecule has 2 aliphatic carbocycles. The highest BCUT2D eigenvalue weighted by molar-refractivity contribution is 5.27. The third-order valence-corrected chi connectivity index (χ3v) is 6.17. The lowest BCUT2D eigenvalue weighted by Gasteiger charge is -2.49. The van der Waals surface area contributed by atoms with Crippen molar-refractivity contribution in [1.82, 2.24) is 5.32 Å². The Labute approximate surface area is 128 Å². The Hall–Kier alpha value is -0.860. The largest absolute Gasteiger partial charge is 0.375 e. The molecule has 0 amide bonds. The summed E-state index contributed by atoms with van der Waals surface area (Å²) in [5.41, 5.74) is 1.81. The van der Waals surface area contributed by atoms with Crippen LogP contribution in [-0.4, -0.2) is 25.3 Å². The molecule has 4 unspecified atom stereocenters. The van der Waals surface area contributed by atoms with Crippen LogP contribution in [0.3, 0.4) is 0 Å². The molecule has 3 fully saturated rings. The maximum atomic E-state index is 6.11. The zero-order valence-electron chi connectivity index (χ0n) is 13.1. The highest BCUT2D eigenvalue weighted by Gasteiger charge is 2.50. The van der Waals surface area contributed by atoms with Gasteiger partial charge in [0, 0.05) is 12.6 Å². The van der Waals surface area contributed by atoms with Gasteiger partial charge in [-0.05, 0) is 68.9 Å². The minimum Gasteiger partial charge on any atom is -0.375 e. The topological polar surface area (TPSA) is 21.3 Å². The van der Waals surface area contributed by atoms with E-state index >= 15 is 0 Å². The Balaban J connectivity index is 1.44. The molecular weight excluding hydrogens is 258 g/mol. The van der Waals surface area contributed by atoms with Gasteiger partial charge >= 0.3 is 0 Å². The Morgan fingerprint density at radius 1 is 1.24 bits per heavy atom. The summed E-state index contributed by atoms with van der Waals surface area (Å²) in [6, 6.07) is 11.8. The normalized spacial score (nSPS) is 35.2. The van der Waals surface area contributed by atoms with Crippen LogP contribution in [0.15, 0.2) is 30.3 Å². The molecule has 1 heterocycles. The number of benzene rings is 1. The van der Waals surface area contributed by atoms with Crippen molar-refractivity contribution in [1.29, 1.82) is 0 Å². The number of nitrogens with one attached hydrogen (secondary N) is 1. The van der Waals surface area contributed by atoms with Crippen molar-refractivity contribution < 1.29 is 4.74 Å². The second kappa shape index (κ2) is 5.40. The van der Waals surface area contributed by atoms with Crippen LogP contribution in [0.2, 0.25) is 0 Å². The van der Waals surface area contributed by atoms with E-state index in [0.717, 1.165) is 24.4 Å². The van der Waals surface area contributed by atoms with Gasteiger partial charge in [0.05, 0.1) is 5.60 Å². The molecule has 1 saturated heterocycles. The van der Waals surface area contributed by atoms with E-state index in [0.29, 0.717) is 6.04 Å². The monoisotopic (exact) mass is 285 g/mol. The summed E-state index contributed by atoms with van der Waals surface area (Å²) in [4.78, 5) is 0. The SMILES string of the molecule is CNC(C1CCOC2(CCC2)C1)C1CC1c1ccccc1. The van der Waals surface area contributed by atoms with Crippen LogP contribution in [0, 0.1) is 11.8 Å². The van der Waals surface area contributed by atoms with Crippen molar-refractivity contribution in [2.45, 2.75) is 56.1 Å². The summed E-state index contributed by atoms with van der Waals surface area (Å²) in [5.74, 6) is 2.42. The van der Waals surface area contributed by atoms with E-state index in [1.54, 1.807) is 0 Å². The number of rotatable bonds is 4. The van der Waals surface area contributed by atoms with Crippen LogP contribution in [0.4, 0.5) is 0 Å². The maximum Gasteiger partial charge on any atom is 0.0685 e. The zero-order chi connectivity index (χ0) is 14.3. The molecule has 1 N–H and O–H groups in total. The average molecular weight is 285 g/mol. The molecule has 2 heteroatoms. The number of ether oxygens (including phenoxy) is 1. The fraction of sp³-hybridized carbons (Fsp3) is 0.684. The molecule has 1 aromatic rings. The molecule has 2 nitrogen and oxygen atoms in total. The van der Waals surface area contributed by atoms with E-state index in [4.69, 9.17) is 4.74 Å². The van der Waals surface area contributed by atoms with Crippen LogP contribution >= 0.6 is 0 Å². The molecule has 0 bridgehead atoms. The van der Waals surface area contributed by atoms with Gasteiger partial charge in [0.15, 0.2) is 0 Å². The van der Waals surface area contributed by atoms with Gasteiger partial charge in [0.1, 0.15) is 0 Å². The first-order valence-corrected chi connectivity index (χ1v) is 8.67. The predicted octanol–water partition coefficient (Wildman–Crippen LogP) is 3.73. The lowest BCUT2D eigenvalue weighted by Crippen LogP contribution is -2.50. The van der Waals surface area contributed by atoms with Gasteiger partial charge in [-0.25, -0.2) is 0 Å². The second-order valence-corrected chi connectivity index (χ2v) is 7.37. The first-order chi connectivity index (χ1) is 10.3. The van der Waals surface area contributed by atoms with Gasteiger partial charge in [-0.3, -0.25) is 0 Å². The van der Waals surface area contributed by atoms with Gasteiger partial charge in [-0.1, -0.05) is 30.3 Å². The Morgan fingerprint density at radius 2 is 2.05 bits per heavy atom. The fourth-order valence-electron chi connectivity index (χ4n) is 4.79. The molecule has 2 saturated carbocycles. The quantitative estimate of drug-likeness (QED) is 0.910. The third kappa shape index (κ3) is 2.53. The van der Waals surface area contributed by atoms with Crippen molar-refractivity contribution in [3.05, 3.63) is 35.9 Å². The molecule has 1 spiro atoms. The summed E-state index contributed by atoms with van der Waals surface area (Å²) in [6.07, 6.45) is 7.86. The zero-order valence-corrected chi connectivity index (χ0v) is 13.1. The van der Waals surface area contributed by atoms with E-state index in [1.807, 2.05) is 0 Å². The Bertz CT molecular complexity index is 482. The first-order valence-electron chi connectivity index (χ1n) is 8.67. The van der Waals surface area contributed by atoms with Gasteiger partial charge in [0.2, 0.25) is 0 Å². The standard InChI is InChI=1S/C19H27NO/c1-20-18(15-8-11-21-19(13-15)9-5-10-19)17-12-16(17)14-6-3-2-4-7-14/h2-4,6-7,15-18,20H,5,8-13H2,1H3. The van der Waals surface area contributed by atoms with Crippen LogP contribution in [0.5, 0.6) is 0 Å². The molecule has 0 aromatic heterocycles. The summed E-state index contributed by atoms with van der Waals surface area (Å²) < 4.78 is 6.11. The third-order valence-electron chi connectivity index (χ3n) is 6.17. The van der Waals surface area contributed by atoms with E-state index in [1.165, 1.54) is 44.1 Å². The predicted molar refractivity (Wildman–Crippen MR) is 85.4 cm³/mol. The summed E-state index contributed by atoms with van der Waals surface area (Å²) in [5, 5.41) is 3.66. The summed E-state index contributed by atoms with van der Waals surface area (Å²) in [6.45, 7) is 0.978. The van der Waals surface area contributed by atoms with Crippen LogP contribution in [0.25, 0.3) is 0 Å². The minimum atomic E-state index is 0.273. The summed E-state index contributed by atoms with van der Waals surface area (Å²) >= 11 is 0. The van der Waals surface area contributed by atoms with Crippen molar-refractivity contribution in [3.8, 4) is 0 Å². The van der Waals surface area contributed by atoms with E-state index < -0.39 is 0 Å². The molecule has 3 aliphatic rings. The maximum absolute atomic E-state index is 6.11. The van der Waals surface area contributed by atoms with Crippen LogP contribution in [0.1, 0.15) is 50.0 Å². The molecule has 0 radical (unpaired) electrons. The van der Waals surface area contributed by atoms with Crippen molar-refractivity contribution in [3.63, 3.8) is 0 Å². The van der Waals surface area contributed by atoms with Gasteiger partial charge in [-0.15, -0.1) is 0 Å². The molecular formula is C19H27NO. The highest BCUT2D eigenvalue weighted by Crippen LogP contribution is 2.54. The Kier molecular flexibility index (Phi) is 3.55. The van der Waals surface area contributed by atoms with Gasteiger partial charge in [0.25, 0.3) is 0 Å². The molecule has 4 atom stereocenters. The molecule has 21 heavy (non-hydrogen) atoms. The number of hydrogen-bond donors (Lipinski definition) is 1. The minimum absolute atomic E-state index is 0.273. The van der Waals surface area contributed by atoms with Gasteiger partial charge in [-0.2, -0.15) is 0 Å². The average Bonchev–Trinajstić information content (AvgIpc) is 3.28. The fourth-order valence-corrected chi connectivity index (χ4v) is 4.79. The van der Waals surface area contributed by atoms with E-state index in [2.05, 4.69) is 42.7 Å². The van der Waals surface area contributed by atoms with Crippen molar-refractivity contribution in [2.75, 3.05) is 13.7 Å². The van der Waals surface area contributed by atoms with Crippen LogP contribution < -0.4 is 5.32 Å². The van der Waals surface area contributed by atoms with E-state index in [9.17, 15) is 0 Å². The molecule has 1 aromatic carbocycles. The second-order valence-electron chi connectivity index (χ2n) is 7.37. The molecule has 4 rings (SSSR count). The number of hydrogen-bond acceptors (Lipinski definition) is 2. The Morgan fingerprint density at radius 3 is 2.71 bits per heavy atom. The summed E-state index contributed by atoms with van der Waals surface area (Å²) in [7, 11) is 2.16.